The molecule has 0 spiro atoms. The number of nitrogens with two attached hydrogens (primary N) is 3. The van der Waals surface area contributed by atoms with Crippen LogP contribution >= 0.6 is 0 Å². The second kappa shape index (κ2) is 101. The summed E-state index contributed by atoms with van der Waals surface area (Å²) in [5.74, 6) is 0.833. The molecule has 0 rings (SSSR count). The van der Waals surface area contributed by atoms with Crippen LogP contribution in [0.3, 0.4) is 0 Å². The molecule has 15 nitrogen and oxygen atoms in total. The van der Waals surface area contributed by atoms with Gasteiger partial charge in [0.2, 0.25) is 23.6 Å². The van der Waals surface area contributed by atoms with E-state index in [1.165, 1.54) is 315 Å². The number of rotatable bonds is 88. The average molecular weight is 1500 g/mol. The van der Waals surface area contributed by atoms with E-state index in [9.17, 15) is 19.2 Å². The monoisotopic (exact) mass is 1500 g/mol. The number of hydrogen-bond acceptors (Lipinski definition) is 11. The smallest absolute Gasteiger partial charge is 0.221 e. The largest absolute Gasteiger partial charge is 0.356 e. The zero-order valence-corrected chi connectivity index (χ0v) is 72.0. The topological polar surface area (TPSA) is 234 Å². The summed E-state index contributed by atoms with van der Waals surface area (Å²) in [6.07, 6.45) is 84.6. The predicted octanol–water partition coefficient (Wildman–Crippen LogP) is 21.6. The van der Waals surface area contributed by atoms with E-state index in [4.69, 9.17) is 17.2 Å². The van der Waals surface area contributed by atoms with E-state index >= 15 is 0 Å². The number of unbranched alkanes of at least 4 members (excludes halogenated alkanes) is 54. The third-order valence-corrected chi connectivity index (χ3v) is 21.0. The van der Waals surface area contributed by atoms with Gasteiger partial charge in [0, 0.05) is 78.0 Å². The van der Waals surface area contributed by atoms with Gasteiger partial charge in [-0.25, -0.2) is 0 Å². The van der Waals surface area contributed by atoms with E-state index in [1.54, 1.807) is 0 Å². The van der Waals surface area contributed by atoms with Crippen LogP contribution in [0.2, 0.25) is 0 Å². The maximum atomic E-state index is 12.1. The normalized spacial score (nSPS) is 11.2. The highest BCUT2D eigenvalue weighted by Crippen LogP contribution is 2.17. The standard InChI is InChI=1S/C42H86N4O2.C25H53N3O.C24H52N4O/c1-3-5-7-9-11-13-15-17-19-21-23-31-38-45-41(47)33-27-25-28-35-43-36-29-26-30-37-44-40-34-42(48)46-39-32-24-22-20-18-16-14-12-10-8-6-4-2;1-2-3-4-5-6-7-8-9-10-11-12-19-24-28-25(29)20-15-13-17-22-27-23-18-14-16-21-26;1-2-3-4-5-6-7-8-9-10-11-12-15-20-27-24(29)17-22-28(23-19-26)21-16-13-14-18-25/h43-44H,3-40H2,1-2H3,(H,45,47)(H,46,48);27H,2-24,26H2,1H3,(H,28,29);2-23,25-26H2,1H3,(H,27,29). The number of nitrogens with zero attached hydrogens (tertiary/aromatic N) is 1. The predicted molar refractivity (Wildman–Crippen MR) is 466 cm³/mol. The highest BCUT2D eigenvalue weighted by atomic mass is 16.2. The van der Waals surface area contributed by atoms with Gasteiger partial charge in [-0.1, -0.05) is 342 Å². The van der Waals surface area contributed by atoms with E-state index in [1.807, 2.05) is 0 Å². The lowest BCUT2D eigenvalue weighted by molar-refractivity contribution is -0.122. The Kier molecular flexibility index (Phi) is 102. The Morgan fingerprint density at radius 1 is 0.189 bits per heavy atom. The van der Waals surface area contributed by atoms with Crippen LogP contribution in [0.4, 0.5) is 0 Å². The fraction of sp³-hybridized carbons (Fsp3) is 0.956. The van der Waals surface area contributed by atoms with E-state index < -0.39 is 0 Å². The molecule has 0 aromatic rings. The van der Waals surface area contributed by atoms with Crippen molar-refractivity contribution in [1.82, 2.24) is 42.1 Å². The first-order valence-corrected chi connectivity index (χ1v) is 47.3. The summed E-state index contributed by atoms with van der Waals surface area (Å²) in [5.41, 5.74) is 16.7. The fourth-order valence-electron chi connectivity index (χ4n) is 13.8. The zero-order chi connectivity index (χ0) is 77.5. The summed E-state index contributed by atoms with van der Waals surface area (Å²) >= 11 is 0. The molecule has 15 heteroatoms. The van der Waals surface area contributed by atoms with E-state index in [2.05, 4.69) is 69.8 Å². The quantitative estimate of drug-likeness (QED) is 0.0257. The first-order chi connectivity index (χ1) is 52.2. The Labute approximate surface area is 661 Å². The maximum absolute atomic E-state index is 12.1. The Bertz CT molecular complexity index is 1610. The van der Waals surface area contributed by atoms with Crippen LogP contribution < -0.4 is 54.4 Å². The van der Waals surface area contributed by atoms with Crippen molar-refractivity contribution in [2.45, 2.75) is 458 Å². The van der Waals surface area contributed by atoms with E-state index in [-0.39, 0.29) is 23.6 Å². The molecule has 0 aliphatic carbocycles. The first-order valence-electron chi connectivity index (χ1n) is 47.3. The van der Waals surface area contributed by atoms with Gasteiger partial charge < -0.3 is 59.3 Å². The van der Waals surface area contributed by atoms with Crippen LogP contribution in [0.25, 0.3) is 0 Å². The van der Waals surface area contributed by atoms with Crippen molar-refractivity contribution in [3.63, 3.8) is 0 Å². The fourth-order valence-corrected chi connectivity index (χ4v) is 13.8. The second-order valence-corrected chi connectivity index (χ2v) is 31.7. The highest BCUT2D eigenvalue weighted by Gasteiger charge is 2.09. The summed E-state index contributed by atoms with van der Waals surface area (Å²) in [6.45, 7) is 23.5. The van der Waals surface area contributed by atoms with Gasteiger partial charge in [0.25, 0.3) is 0 Å². The number of nitrogens with one attached hydrogen (secondary N) is 7. The number of carbonyl (C=O) groups excluding carboxylic acids is 4. The van der Waals surface area contributed by atoms with Crippen LogP contribution in [-0.4, -0.2) is 133 Å². The molecule has 0 bridgehead atoms. The summed E-state index contributed by atoms with van der Waals surface area (Å²) < 4.78 is 0. The molecule has 0 saturated carbocycles. The molecule has 0 unspecified atom stereocenters. The number of carbonyl (C=O) groups is 4. The Balaban J connectivity index is -0.00000158. The van der Waals surface area contributed by atoms with Crippen LogP contribution in [0.15, 0.2) is 0 Å². The van der Waals surface area contributed by atoms with Crippen molar-refractivity contribution in [3.8, 4) is 0 Å². The SMILES string of the molecule is CCCCCCCCCCCCCCNC(=O)CCCCCNCCCCCN.CCCCCCCCCCCCCCNC(=O)CCCCCNCCCCCNCCC(=O)NCCCCCCCCCCCCCC.CCCCCCCCCCCCCCNC(=O)CCN(CCN)CCCCCN. The van der Waals surface area contributed by atoms with Crippen molar-refractivity contribution < 1.29 is 19.2 Å². The molecule has 0 atom stereocenters. The summed E-state index contributed by atoms with van der Waals surface area (Å²) in [7, 11) is 0. The minimum atomic E-state index is 0.178. The van der Waals surface area contributed by atoms with Gasteiger partial charge in [-0.2, -0.15) is 0 Å². The van der Waals surface area contributed by atoms with Gasteiger partial charge in [0.05, 0.1) is 0 Å². The van der Waals surface area contributed by atoms with Crippen LogP contribution in [0.5, 0.6) is 0 Å². The molecular formula is C91H191N11O4. The molecule has 0 radical (unpaired) electrons. The molecule has 4 amide bonds. The van der Waals surface area contributed by atoms with Gasteiger partial charge in [0.15, 0.2) is 0 Å². The third kappa shape index (κ3) is 102. The minimum absolute atomic E-state index is 0.178. The van der Waals surface area contributed by atoms with Crippen molar-refractivity contribution >= 4 is 23.6 Å². The van der Waals surface area contributed by atoms with Gasteiger partial charge in [-0.3, -0.25) is 19.2 Å². The number of hydrogen-bond donors (Lipinski definition) is 10. The molecule has 0 aliphatic rings. The molecule has 106 heavy (non-hydrogen) atoms. The maximum Gasteiger partial charge on any atom is 0.221 e. The lowest BCUT2D eigenvalue weighted by Gasteiger charge is -2.21. The highest BCUT2D eigenvalue weighted by molar-refractivity contribution is 5.77. The molecule has 0 aliphatic heterocycles. The summed E-state index contributed by atoms with van der Waals surface area (Å²) in [4.78, 5) is 50.3. The molecule has 0 aromatic heterocycles. The Morgan fingerprint density at radius 3 is 0.670 bits per heavy atom. The van der Waals surface area contributed by atoms with Crippen molar-refractivity contribution in [1.29, 1.82) is 0 Å². The van der Waals surface area contributed by atoms with E-state index in [0.717, 1.165) is 188 Å². The van der Waals surface area contributed by atoms with Gasteiger partial charge in [-0.05, 0) is 142 Å². The van der Waals surface area contributed by atoms with Crippen LogP contribution in [0.1, 0.15) is 458 Å². The summed E-state index contributed by atoms with van der Waals surface area (Å²) in [5, 5.41) is 22.8. The molecule has 0 aromatic carbocycles. The van der Waals surface area contributed by atoms with Crippen molar-refractivity contribution in [3.05, 3.63) is 0 Å². The Morgan fingerprint density at radius 2 is 0.396 bits per heavy atom. The van der Waals surface area contributed by atoms with Crippen LogP contribution in [0, 0.1) is 0 Å². The third-order valence-electron chi connectivity index (χ3n) is 21.0. The summed E-state index contributed by atoms with van der Waals surface area (Å²) in [6, 6.07) is 0. The molecule has 634 valence electrons. The molecule has 0 saturated heterocycles. The lowest BCUT2D eigenvalue weighted by Crippen LogP contribution is -2.35. The minimum Gasteiger partial charge on any atom is -0.356 e. The van der Waals surface area contributed by atoms with Gasteiger partial charge in [0.1, 0.15) is 0 Å². The molecule has 0 fully saturated rings. The first kappa shape index (κ1) is 108. The van der Waals surface area contributed by atoms with E-state index in [0.29, 0.717) is 32.2 Å². The van der Waals surface area contributed by atoms with Crippen molar-refractivity contribution in [2.75, 3.05) is 105 Å². The second-order valence-electron chi connectivity index (χ2n) is 31.7. The molecule has 0 heterocycles. The lowest BCUT2D eigenvalue weighted by atomic mass is 10.1. The average Bonchev–Trinajstić information content (AvgIpc) is 1.23. The zero-order valence-electron chi connectivity index (χ0n) is 72.0. The van der Waals surface area contributed by atoms with Gasteiger partial charge in [-0.15, -0.1) is 0 Å². The number of amides is 4. The van der Waals surface area contributed by atoms with Crippen LogP contribution in [-0.2, 0) is 19.2 Å². The van der Waals surface area contributed by atoms with Gasteiger partial charge >= 0.3 is 0 Å². The molecular weight excluding hydrogens is 1310 g/mol. The van der Waals surface area contributed by atoms with Crippen molar-refractivity contribution in [2.24, 2.45) is 17.2 Å². The molecule has 13 N–H and O–H groups in total. The Hall–Kier alpha value is -2.40.